The summed E-state index contributed by atoms with van der Waals surface area (Å²) in [6.07, 6.45) is -4.19. The number of rotatable bonds is 10. The standard InChI is InChI=1S/C18H29N5O9/c24-8-12-14(26)15(27)16(28)18(32-12)31-4-3-23-7-9(21-22-23)1-2-13(25)20-10-5-11(17(29)30)19-6-10/h7,10-12,14-16,18-19,24,26-28H,1-6,8H2,(H,20,25)(H,29,30)/t10-,11+,12?,14?,15?,16?,18?/m1/s1. The van der Waals surface area contributed by atoms with Crippen LogP contribution in [-0.2, 0) is 32.0 Å². The first kappa shape index (κ1) is 24.4. The molecule has 7 N–H and O–H groups in total. The van der Waals surface area contributed by atoms with Gasteiger partial charge in [-0.15, -0.1) is 5.10 Å². The SMILES string of the molecule is O=C(CCc1cn(CCOC2OC(CO)C(O)C(O)C2O)nn1)N[C@H]1CN[C@H](C(=O)O)C1. The minimum atomic E-state index is -1.51. The van der Waals surface area contributed by atoms with Gasteiger partial charge in [-0.1, -0.05) is 5.21 Å². The highest BCUT2D eigenvalue weighted by atomic mass is 16.7. The van der Waals surface area contributed by atoms with Crippen LogP contribution in [0.15, 0.2) is 6.20 Å². The van der Waals surface area contributed by atoms with Crippen molar-refractivity contribution in [3.05, 3.63) is 11.9 Å². The average molecular weight is 459 g/mol. The number of carboxylic acids is 1. The topological polar surface area (TPSA) is 209 Å². The van der Waals surface area contributed by atoms with Crippen molar-refractivity contribution in [2.75, 3.05) is 19.8 Å². The van der Waals surface area contributed by atoms with Gasteiger partial charge in [0.15, 0.2) is 6.29 Å². The van der Waals surface area contributed by atoms with Crippen LogP contribution in [0.1, 0.15) is 18.5 Å². The number of aliphatic hydroxyl groups is 4. The predicted octanol–water partition coefficient (Wildman–Crippen LogP) is -4.04. The minimum absolute atomic E-state index is 0.0470. The molecule has 0 bridgehead atoms. The Morgan fingerprint density at radius 2 is 2.06 bits per heavy atom. The molecule has 2 saturated heterocycles. The zero-order valence-corrected chi connectivity index (χ0v) is 17.3. The summed E-state index contributed by atoms with van der Waals surface area (Å²) < 4.78 is 12.1. The molecule has 0 saturated carbocycles. The van der Waals surface area contributed by atoms with E-state index >= 15 is 0 Å². The molecule has 5 unspecified atom stereocenters. The number of carbonyl (C=O) groups is 2. The van der Waals surface area contributed by atoms with Crippen molar-refractivity contribution in [3.8, 4) is 0 Å². The van der Waals surface area contributed by atoms with Crippen molar-refractivity contribution in [3.63, 3.8) is 0 Å². The summed E-state index contributed by atoms with van der Waals surface area (Å²) in [5.74, 6) is -1.14. The summed E-state index contributed by atoms with van der Waals surface area (Å²) in [4.78, 5) is 23.0. The fraction of sp³-hybridized carbons (Fsp3) is 0.778. The molecule has 1 aromatic heterocycles. The third-order valence-electron chi connectivity index (χ3n) is 5.44. The minimum Gasteiger partial charge on any atom is -0.480 e. The van der Waals surface area contributed by atoms with E-state index in [0.29, 0.717) is 25.1 Å². The van der Waals surface area contributed by atoms with E-state index < -0.39 is 49.3 Å². The number of hydrogen-bond donors (Lipinski definition) is 7. The van der Waals surface area contributed by atoms with Crippen molar-refractivity contribution < 1.29 is 44.6 Å². The van der Waals surface area contributed by atoms with Gasteiger partial charge in [-0.3, -0.25) is 9.59 Å². The molecule has 0 radical (unpaired) electrons. The highest BCUT2D eigenvalue weighted by Gasteiger charge is 2.43. The summed E-state index contributed by atoms with van der Waals surface area (Å²) in [6.45, 7) is 0.166. The lowest BCUT2D eigenvalue weighted by molar-refractivity contribution is -0.301. The molecule has 0 aromatic carbocycles. The fourth-order valence-corrected chi connectivity index (χ4v) is 3.61. The third kappa shape index (κ3) is 6.19. The quantitative estimate of drug-likeness (QED) is 0.178. The third-order valence-corrected chi connectivity index (χ3v) is 5.44. The Bertz CT molecular complexity index is 776. The zero-order valence-electron chi connectivity index (χ0n) is 17.3. The van der Waals surface area contributed by atoms with Gasteiger partial charge in [0.1, 0.15) is 30.5 Å². The molecule has 0 spiro atoms. The van der Waals surface area contributed by atoms with Gasteiger partial charge in [-0.05, 0) is 6.42 Å². The van der Waals surface area contributed by atoms with Gasteiger partial charge in [0.05, 0.1) is 25.5 Å². The second-order valence-electron chi connectivity index (χ2n) is 7.84. The van der Waals surface area contributed by atoms with Gasteiger partial charge in [-0.25, -0.2) is 4.68 Å². The number of carbonyl (C=O) groups excluding carboxylic acids is 1. The Morgan fingerprint density at radius 3 is 2.75 bits per heavy atom. The van der Waals surface area contributed by atoms with Crippen molar-refractivity contribution in [1.82, 2.24) is 25.6 Å². The molecule has 3 rings (SSSR count). The molecule has 1 amide bonds. The number of aryl methyl sites for hydroxylation is 1. The van der Waals surface area contributed by atoms with Crippen LogP contribution in [-0.4, -0.2) is 115 Å². The van der Waals surface area contributed by atoms with E-state index in [0.717, 1.165) is 0 Å². The lowest BCUT2D eigenvalue weighted by atomic mass is 9.99. The normalized spacial score (nSPS) is 32.7. The van der Waals surface area contributed by atoms with E-state index in [-0.39, 0.29) is 31.5 Å². The van der Waals surface area contributed by atoms with Crippen molar-refractivity contribution in [2.45, 2.75) is 68.6 Å². The van der Waals surface area contributed by atoms with Gasteiger partial charge >= 0.3 is 5.97 Å². The largest absolute Gasteiger partial charge is 0.480 e. The molecule has 180 valence electrons. The maximum atomic E-state index is 12.1. The van der Waals surface area contributed by atoms with Crippen LogP contribution in [0.25, 0.3) is 0 Å². The molecular weight excluding hydrogens is 430 g/mol. The molecule has 2 aliphatic heterocycles. The molecule has 14 nitrogen and oxygen atoms in total. The maximum Gasteiger partial charge on any atom is 0.320 e. The first-order valence-corrected chi connectivity index (χ1v) is 10.3. The number of nitrogens with zero attached hydrogens (tertiary/aromatic N) is 3. The van der Waals surface area contributed by atoms with E-state index in [9.17, 15) is 30.0 Å². The van der Waals surface area contributed by atoms with Gasteiger partial charge in [-0.2, -0.15) is 0 Å². The number of aromatic nitrogens is 3. The molecule has 3 heterocycles. The van der Waals surface area contributed by atoms with Crippen molar-refractivity contribution in [2.24, 2.45) is 0 Å². The summed E-state index contributed by atoms with van der Waals surface area (Å²) in [5.41, 5.74) is 0.584. The molecule has 2 fully saturated rings. The molecular formula is C18H29N5O9. The number of carboxylic acid groups (broad SMARTS) is 1. The Hall–Kier alpha value is -2.20. The van der Waals surface area contributed by atoms with Crippen LogP contribution in [0.4, 0.5) is 0 Å². The highest BCUT2D eigenvalue weighted by molar-refractivity contribution is 5.77. The smallest absolute Gasteiger partial charge is 0.320 e. The summed E-state index contributed by atoms with van der Waals surface area (Å²) in [7, 11) is 0. The number of ether oxygens (including phenoxy) is 2. The first-order chi connectivity index (χ1) is 15.3. The number of amides is 1. The van der Waals surface area contributed by atoms with Crippen LogP contribution < -0.4 is 10.6 Å². The lowest BCUT2D eigenvalue weighted by Crippen LogP contribution is -2.59. The molecule has 14 heteroatoms. The highest BCUT2D eigenvalue weighted by Crippen LogP contribution is 2.21. The number of nitrogens with one attached hydrogen (secondary N) is 2. The molecule has 2 aliphatic rings. The molecule has 7 atom stereocenters. The summed E-state index contributed by atoms with van der Waals surface area (Å²) >= 11 is 0. The molecule has 1 aromatic rings. The maximum absolute atomic E-state index is 12.1. The Balaban J connectivity index is 1.37. The van der Waals surface area contributed by atoms with Gasteiger partial charge in [0.2, 0.25) is 5.91 Å². The molecule has 32 heavy (non-hydrogen) atoms. The van der Waals surface area contributed by atoms with Gasteiger partial charge < -0.3 is 45.6 Å². The monoisotopic (exact) mass is 459 g/mol. The van der Waals surface area contributed by atoms with Crippen LogP contribution in [0.2, 0.25) is 0 Å². The van der Waals surface area contributed by atoms with E-state index in [4.69, 9.17) is 14.6 Å². The van der Waals surface area contributed by atoms with Gasteiger partial charge in [0, 0.05) is 31.6 Å². The van der Waals surface area contributed by atoms with Gasteiger partial charge in [0.25, 0.3) is 0 Å². The van der Waals surface area contributed by atoms with Crippen molar-refractivity contribution >= 4 is 11.9 Å². The van der Waals surface area contributed by atoms with Crippen molar-refractivity contribution in [1.29, 1.82) is 0 Å². The number of aliphatic hydroxyl groups excluding tert-OH is 4. The van der Waals surface area contributed by atoms with E-state index in [1.165, 1.54) is 4.68 Å². The Kier molecular flexibility index (Phi) is 8.47. The predicted molar refractivity (Wildman–Crippen MR) is 104 cm³/mol. The van der Waals surface area contributed by atoms with Crippen LogP contribution in [0.5, 0.6) is 0 Å². The van der Waals surface area contributed by atoms with E-state index in [1.807, 2.05) is 0 Å². The van der Waals surface area contributed by atoms with Crippen LogP contribution in [0.3, 0.4) is 0 Å². The second-order valence-corrected chi connectivity index (χ2v) is 7.84. The van der Waals surface area contributed by atoms with Crippen LogP contribution in [0, 0.1) is 0 Å². The zero-order chi connectivity index (χ0) is 23.3. The number of hydrogen-bond acceptors (Lipinski definition) is 11. The second kappa shape index (κ2) is 11.1. The number of aliphatic carboxylic acids is 1. The first-order valence-electron chi connectivity index (χ1n) is 10.3. The summed E-state index contributed by atoms with van der Waals surface area (Å²) in [6, 6.07) is -0.871. The van der Waals surface area contributed by atoms with Crippen LogP contribution >= 0.6 is 0 Å². The van der Waals surface area contributed by atoms with E-state index in [1.54, 1.807) is 6.20 Å². The Labute approximate surface area is 183 Å². The average Bonchev–Trinajstić information content (AvgIpc) is 3.42. The lowest BCUT2D eigenvalue weighted by Gasteiger charge is -2.39. The Morgan fingerprint density at radius 1 is 1.28 bits per heavy atom. The summed E-state index contributed by atoms with van der Waals surface area (Å²) in [5, 5.41) is 61.1. The fourth-order valence-electron chi connectivity index (χ4n) is 3.61. The van der Waals surface area contributed by atoms with E-state index in [2.05, 4.69) is 20.9 Å². The molecule has 0 aliphatic carbocycles.